The third-order valence-electron chi connectivity index (χ3n) is 12.3. The number of aromatic nitrogens is 4. The maximum atomic E-state index is 6.58. The SMILES string of the molecule is CC1(C)c2ccccc2-c2ccc(-c3ccc4c(c3)c3ccccc3n4-c3cc4oc5ccccc5c4cc3-c3nc(-c4ccccc4)nc(-c4ccccc4)n3)cc21. The van der Waals surface area contributed by atoms with Gasteiger partial charge in [-0.3, -0.25) is 0 Å². The van der Waals surface area contributed by atoms with Gasteiger partial charge in [0.25, 0.3) is 0 Å². The first-order chi connectivity index (χ1) is 29.0. The van der Waals surface area contributed by atoms with Crippen molar-refractivity contribution in [2.75, 3.05) is 0 Å². The topological polar surface area (TPSA) is 56.7 Å². The lowest BCUT2D eigenvalue weighted by molar-refractivity contribution is 0.660. The zero-order valence-electron chi connectivity index (χ0n) is 32.5. The highest BCUT2D eigenvalue weighted by molar-refractivity contribution is 6.12. The molecule has 0 spiro atoms. The first-order valence-electron chi connectivity index (χ1n) is 20.1. The van der Waals surface area contributed by atoms with Crippen molar-refractivity contribution in [3.63, 3.8) is 0 Å². The largest absolute Gasteiger partial charge is 0.456 e. The summed E-state index contributed by atoms with van der Waals surface area (Å²) in [5, 5.41) is 4.39. The number of furan rings is 1. The molecule has 0 radical (unpaired) electrons. The zero-order valence-corrected chi connectivity index (χ0v) is 32.5. The second-order valence-electron chi connectivity index (χ2n) is 16.0. The van der Waals surface area contributed by atoms with E-state index in [1.807, 2.05) is 72.8 Å². The van der Waals surface area contributed by atoms with Crippen LogP contribution in [0.2, 0.25) is 0 Å². The van der Waals surface area contributed by atoms with Crippen LogP contribution in [-0.4, -0.2) is 19.5 Å². The lowest BCUT2D eigenvalue weighted by Gasteiger charge is -2.22. The molecule has 0 atom stereocenters. The molecule has 5 heteroatoms. The highest BCUT2D eigenvalue weighted by atomic mass is 16.3. The van der Waals surface area contributed by atoms with Gasteiger partial charge in [-0.2, -0.15) is 0 Å². The molecule has 1 aliphatic rings. The van der Waals surface area contributed by atoms with E-state index in [2.05, 4.69) is 128 Å². The molecule has 8 aromatic carbocycles. The average molecular weight is 757 g/mol. The minimum atomic E-state index is -0.0798. The Morgan fingerprint density at radius 3 is 1.76 bits per heavy atom. The van der Waals surface area contributed by atoms with E-state index in [9.17, 15) is 0 Å². The summed E-state index contributed by atoms with van der Waals surface area (Å²) in [7, 11) is 0. The van der Waals surface area contributed by atoms with E-state index in [-0.39, 0.29) is 5.41 Å². The van der Waals surface area contributed by atoms with Gasteiger partial charge in [0.05, 0.1) is 16.7 Å². The van der Waals surface area contributed by atoms with E-state index in [1.54, 1.807) is 0 Å². The van der Waals surface area contributed by atoms with Gasteiger partial charge in [-0.1, -0.05) is 153 Å². The molecule has 0 amide bonds. The number of rotatable bonds is 5. The molecule has 3 aromatic heterocycles. The van der Waals surface area contributed by atoms with Gasteiger partial charge >= 0.3 is 0 Å². The molecule has 1 aliphatic carbocycles. The van der Waals surface area contributed by atoms with Crippen molar-refractivity contribution in [3.05, 3.63) is 193 Å². The maximum Gasteiger partial charge on any atom is 0.166 e. The molecular weight excluding hydrogens is 721 g/mol. The Morgan fingerprint density at radius 1 is 0.390 bits per heavy atom. The Bertz CT molecular complexity index is 3410. The van der Waals surface area contributed by atoms with Gasteiger partial charge in [0.1, 0.15) is 11.2 Å². The normalized spacial score (nSPS) is 13.1. The third kappa shape index (κ3) is 5.14. The molecule has 12 rings (SSSR count). The Hall–Kier alpha value is -7.63. The van der Waals surface area contributed by atoms with Crippen molar-refractivity contribution in [2.24, 2.45) is 0 Å². The standard InChI is InChI=1S/C54H36N4O/c1-54(2)44-22-12-9-19-37(44)38-27-25-36(30-45(38)54)35-26-28-47-41(29-35)39-20-10-13-23-46(39)58(47)48-32-50-42(40-21-11-14-24-49(40)59-50)31-43(48)53-56-51(33-15-5-3-6-16-33)55-52(57-53)34-17-7-4-8-18-34/h3-32H,1-2H3. The van der Waals surface area contributed by atoms with Gasteiger partial charge < -0.3 is 8.98 Å². The quantitative estimate of drug-likeness (QED) is 0.175. The van der Waals surface area contributed by atoms with E-state index in [4.69, 9.17) is 19.4 Å². The molecule has 0 saturated heterocycles. The number of fused-ring (bicyclic) bond motifs is 9. The van der Waals surface area contributed by atoms with Crippen LogP contribution in [0.1, 0.15) is 25.0 Å². The zero-order chi connectivity index (χ0) is 39.2. The lowest BCUT2D eigenvalue weighted by Crippen LogP contribution is -2.14. The number of nitrogens with zero attached hydrogens (tertiary/aromatic N) is 4. The van der Waals surface area contributed by atoms with Gasteiger partial charge in [0.2, 0.25) is 0 Å². The fraction of sp³-hybridized carbons (Fsp3) is 0.0556. The van der Waals surface area contributed by atoms with E-state index in [0.29, 0.717) is 17.5 Å². The fourth-order valence-corrected chi connectivity index (χ4v) is 9.35. The predicted molar refractivity (Wildman–Crippen MR) is 241 cm³/mol. The predicted octanol–water partition coefficient (Wildman–Crippen LogP) is 13.8. The third-order valence-corrected chi connectivity index (χ3v) is 12.3. The summed E-state index contributed by atoms with van der Waals surface area (Å²) in [6.45, 7) is 4.68. The minimum absolute atomic E-state index is 0.0798. The van der Waals surface area contributed by atoms with Crippen LogP contribution >= 0.6 is 0 Å². The van der Waals surface area contributed by atoms with Gasteiger partial charge in [0.15, 0.2) is 17.5 Å². The second kappa shape index (κ2) is 12.7. The van der Waals surface area contributed by atoms with Crippen molar-refractivity contribution in [1.29, 1.82) is 0 Å². The van der Waals surface area contributed by atoms with E-state index in [1.165, 1.54) is 44.2 Å². The van der Waals surface area contributed by atoms with Crippen LogP contribution in [0, 0.1) is 0 Å². The Labute approximate surface area is 340 Å². The average Bonchev–Trinajstić information content (AvgIpc) is 3.90. The molecule has 278 valence electrons. The summed E-state index contributed by atoms with van der Waals surface area (Å²) >= 11 is 0. The van der Waals surface area contributed by atoms with Gasteiger partial charge in [-0.25, -0.2) is 15.0 Å². The molecule has 59 heavy (non-hydrogen) atoms. The molecule has 0 saturated carbocycles. The second-order valence-corrected chi connectivity index (χ2v) is 16.0. The molecule has 0 unspecified atom stereocenters. The monoisotopic (exact) mass is 756 g/mol. The summed E-state index contributed by atoms with van der Waals surface area (Å²) in [6.07, 6.45) is 0. The molecule has 0 fully saturated rings. The van der Waals surface area contributed by atoms with Crippen molar-refractivity contribution in [1.82, 2.24) is 19.5 Å². The van der Waals surface area contributed by atoms with Crippen LogP contribution in [0.25, 0.3) is 106 Å². The Kier molecular flexibility index (Phi) is 7.20. The van der Waals surface area contributed by atoms with E-state index < -0.39 is 0 Å². The number of para-hydroxylation sites is 2. The number of hydrogen-bond donors (Lipinski definition) is 0. The smallest absolute Gasteiger partial charge is 0.166 e. The van der Waals surface area contributed by atoms with Gasteiger partial charge in [-0.15, -0.1) is 0 Å². The Morgan fingerprint density at radius 2 is 0.983 bits per heavy atom. The minimum Gasteiger partial charge on any atom is -0.456 e. The van der Waals surface area contributed by atoms with E-state index >= 15 is 0 Å². The van der Waals surface area contributed by atoms with Gasteiger partial charge in [0, 0.05) is 49.7 Å². The molecular formula is C54H36N4O. The number of hydrogen-bond acceptors (Lipinski definition) is 4. The van der Waals surface area contributed by atoms with Crippen LogP contribution in [0.5, 0.6) is 0 Å². The molecule has 5 nitrogen and oxygen atoms in total. The highest BCUT2D eigenvalue weighted by Gasteiger charge is 2.35. The van der Waals surface area contributed by atoms with Crippen LogP contribution in [-0.2, 0) is 5.41 Å². The van der Waals surface area contributed by atoms with Crippen LogP contribution in [0.15, 0.2) is 186 Å². The first-order valence-corrected chi connectivity index (χ1v) is 20.1. The summed E-state index contributed by atoms with van der Waals surface area (Å²) in [5.41, 5.74) is 15.2. The van der Waals surface area contributed by atoms with Crippen LogP contribution in [0.4, 0.5) is 0 Å². The van der Waals surface area contributed by atoms with Crippen molar-refractivity contribution in [3.8, 4) is 62.1 Å². The van der Waals surface area contributed by atoms with Crippen LogP contribution < -0.4 is 0 Å². The van der Waals surface area contributed by atoms with Crippen LogP contribution in [0.3, 0.4) is 0 Å². The Balaban J connectivity index is 1.11. The van der Waals surface area contributed by atoms with Crippen molar-refractivity contribution < 1.29 is 4.42 Å². The van der Waals surface area contributed by atoms with E-state index in [0.717, 1.165) is 55.3 Å². The maximum absolute atomic E-state index is 6.58. The highest BCUT2D eigenvalue weighted by Crippen LogP contribution is 2.50. The summed E-state index contributed by atoms with van der Waals surface area (Å²) in [5.74, 6) is 1.82. The molecule has 11 aromatic rings. The molecule has 0 bridgehead atoms. The lowest BCUT2D eigenvalue weighted by atomic mass is 9.81. The van der Waals surface area contributed by atoms with Gasteiger partial charge in [-0.05, 0) is 69.8 Å². The summed E-state index contributed by atoms with van der Waals surface area (Å²) in [6, 6.07) is 64.2. The number of benzene rings is 8. The first kappa shape index (κ1) is 33.5. The molecule has 0 aliphatic heterocycles. The fourth-order valence-electron chi connectivity index (χ4n) is 9.35. The summed E-state index contributed by atoms with van der Waals surface area (Å²) < 4.78 is 8.93. The summed E-state index contributed by atoms with van der Waals surface area (Å²) in [4.78, 5) is 15.5. The van der Waals surface area contributed by atoms with Crippen molar-refractivity contribution >= 4 is 43.7 Å². The molecule has 3 heterocycles. The van der Waals surface area contributed by atoms with Crippen molar-refractivity contribution in [2.45, 2.75) is 19.3 Å². The molecule has 0 N–H and O–H groups in total.